The summed E-state index contributed by atoms with van der Waals surface area (Å²) in [6, 6.07) is 15.1. The number of benzene rings is 2. The van der Waals surface area contributed by atoms with Crippen LogP contribution in [0.2, 0.25) is 0 Å². The lowest BCUT2D eigenvalue weighted by Gasteiger charge is -2.33. The molecule has 1 fully saturated rings. The van der Waals surface area contributed by atoms with Crippen molar-refractivity contribution in [3.63, 3.8) is 0 Å². The number of amides is 1. The number of carbonyl (C=O) groups excluding carboxylic acids is 1. The van der Waals surface area contributed by atoms with E-state index in [4.69, 9.17) is 4.74 Å². The molecule has 33 heavy (non-hydrogen) atoms. The number of ether oxygens (including phenoxy) is 1. The third-order valence-electron chi connectivity index (χ3n) is 7.55. The van der Waals surface area contributed by atoms with Gasteiger partial charge in [-0.1, -0.05) is 24.3 Å². The van der Waals surface area contributed by atoms with Crippen LogP contribution in [0.1, 0.15) is 55.3 Å². The van der Waals surface area contributed by atoms with Crippen LogP contribution in [0.3, 0.4) is 0 Å². The molecule has 1 amide bonds. The van der Waals surface area contributed by atoms with Crippen molar-refractivity contribution in [1.29, 1.82) is 0 Å². The molecular weight excluding hydrogens is 410 g/mol. The Morgan fingerprint density at radius 2 is 1.94 bits per heavy atom. The van der Waals surface area contributed by atoms with Crippen LogP contribution in [0.15, 0.2) is 48.7 Å². The molecule has 0 bridgehead atoms. The highest BCUT2D eigenvalue weighted by Gasteiger charge is 2.29. The van der Waals surface area contributed by atoms with E-state index >= 15 is 0 Å². The second kappa shape index (κ2) is 9.60. The molecule has 5 nitrogen and oxygen atoms in total. The van der Waals surface area contributed by atoms with Gasteiger partial charge in [-0.05, 0) is 87.0 Å². The third-order valence-corrected chi connectivity index (χ3v) is 7.55. The molecular formula is C28H35N3O2. The van der Waals surface area contributed by atoms with Gasteiger partial charge in [0.15, 0.2) is 0 Å². The summed E-state index contributed by atoms with van der Waals surface area (Å²) in [5.41, 5.74) is 5.31. The van der Waals surface area contributed by atoms with Gasteiger partial charge in [-0.3, -0.25) is 9.69 Å². The maximum atomic E-state index is 13.1. The molecule has 0 radical (unpaired) electrons. The van der Waals surface area contributed by atoms with E-state index in [0.717, 1.165) is 64.0 Å². The van der Waals surface area contributed by atoms with Crippen molar-refractivity contribution < 1.29 is 9.53 Å². The van der Waals surface area contributed by atoms with Gasteiger partial charge in [0.1, 0.15) is 5.75 Å². The minimum atomic E-state index is 0.118. The summed E-state index contributed by atoms with van der Waals surface area (Å²) < 4.78 is 7.78. The number of rotatable bonds is 6. The van der Waals surface area contributed by atoms with Crippen LogP contribution in [-0.4, -0.2) is 35.6 Å². The zero-order valence-corrected chi connectivity index (χ0v) is 19.8. The van der Waals surface area contributed by atoms with E-state index in [1.54, 1.807) is 7.11 Å². The van der Waals surface area contributed by atoms with E-state index < -0.39 is 0 Å². The average molecular weight is 446 g/mol. The van der Waals surface area contributed by atoms with Gasteiger partial charge in [0.25, 0.3) is 0 Å². The number of hydrogen-bond donors (Lipinski definition) is 1. The molecule has 3 aromatic rings. The zero-order valence-electron chi connectivity index (χ0n) is 19.8. The van der Waals surface area contributed by atoms with Gasteiger partial charge in [0.05, 0.1) is 13.2 Å². The van der Waals surface area contributed by atoms with Gasteiger partial charge < -0.3 is 14.6 Å². The van der Waals surface area contributed by atoms with E-state index in [1.165, 1.54) is 27.6 Å². The second-order valence-corrected chi connectivity index (χ2v) is 9.53. The summed E-state index contributed by atoms with van der Waals surface area (Å²) in [5, 5.41) is 4.65. The first kappa shape index (κ1) is 22.0. The number of carbonyl (C=O) groups is 1. The van der Waals surface area contributed by atoms with Crippen LogP contribution in [0.25, 0.3) is 10.9 Å². The summed E-state index contributed by atoms with van der Waals surface area (Å²) in [7, 11) is 1.72. The highest BCUT2D eigenvalue weighted by Crippen LogP contribution is 2.31. The zero-order chi connectivity index (χ0) is 22.8. The van der Waals surface area contributed by atoms with Gasteiger partial charge in [-0.2, -0.15) is 0 Å². The summed E-state index contributed by atoms with van der Waals surface area (Å²) >= 11 is 0. The van der Waals surface area contributed by atoms with Gasteiger partial charge in [0, 0.05) is 36.1 Å². The predicted molar refractivity (Wildman–Crippen MR) is 132 cm³/mol. The fourth-order valence-corrected chi connectivity index (χ4v) is 5.65. The van der Waals surface area contributed by atoms with Crippen molar-refractivity contribution in [2.75, 3.05) is 20.2 Å². The van der Waals surface area contributed by atoms with Crippen molar-refractivity contribution >= 4 is 16.8 Å². The van der Waals surface area contributed by atoms with E-state index in [1.807, 2.05) is 6.07 Å². The van der Waals surface area contributed by atoms with Crippen LogP contribution < -0.4 is 10.1 Å². The Hall–Kier alpha value is -2.79. The molecule has 1 atom stereocenters. The standard InChI is InChI=1S/C28H35N3O2/c1-3-31-19-22(25-17-23(33-2)11-12-27(25)31)18-30-15-13-21(14-16-30)28(32)29-26-10-6-8-20-7-4-5-9-24(20)26/h4-5,7,9,11-12,17,19,21,26H,3,6,8,10,13-16,18H2,1-2H3,(H,29,32)/t26-/m0/s1. The predicted octanol–water partition coefficient (Wildman–Crippen LogP) is 5.08. The lowest BCUT2D eigenvalue weighted by Crippen LogP contribution is -2.41. The van der Waals surface area contributed by atoms with Crippen molar-refractivity contribution in [3.05, 3.63) is 65.4 Å². The average Bonchev–Trinajstić information content (AvgIpc) is 3.21. The Morgan fingerprint density at radius 3 is 2.73 bits per heavy atom. The maximum Gasteiger partial charge on any atom is 0.223 e. The number of likely N-dealkylation sites (tertiary alicyclic amines) is 1. The SMILES string of the molecule is CCn1cc(CN2CCC(C(=O)N[C@H]3CCCc4ccccc43)CC2)c2cc(OC)ccc21. The van der Waals surface area contributed by atoms with Crippen LogP contribution >= 0.6 is 0 Å². The molecule has 1 aliphatic heterocycles. The first-order valence-corrected chi connectivity index (χ1v) is 12.4. The van der Waals surface area contributed by atoms with Gasteiger partial charge in [0.2, 0.25) is 5.91 Å². The van der Waals surface area contributed by atoms with Crippen molar-refractivity contribution in [2.24, 2.45) is 5.92 Å². The van der Waals surface area contributed by atoms with E-state index in [9.17, 15) is 4.79 Å². The molecule has 5 heteroatoms. The topological polar surface area (TPSA) is 46.5 Å². The van der Waals surface area contributed by atoms with E-state index in [-0.39, 0.29) is 17.9 Å². The number of methoxy groups -OCH3 is 1. The lowest BCUT2D eigenvalue weighted by atomic mass is 9.87. The summed E-state index contributed by atoms with van der Waals surface area (Å²) in [6.45, 7) is 5.98. The fraction of sp³-hybridized carbons (Fsp3) is 0.464. The lowest BCUT2D eigenvalue weighted by molar-refractivity contribution is -0.127. The van der Waals surface area contributed by atoms with Gasteiger partial charge >= 0.3 is 0 Å². The highest BCUT2D eigenvalue weighted by molar-refractivity contribution is 5.85. The largest absolute Gasteiger partial charge is 0.497 e. The molecule has 1 aromatic heterocycles. The number of piperidine rings is 1. The molecule has 1 aliphatic carbocycles. The van der Waals surface area contributed by atoms with Crippen molar-refractivity contribution in [2.45, 2.75) is 58.2 Å². The third kappa shape index (κ3) is 4.51. The van der Waals surface area contributed by atoms with Gasteiger partial charge in [-0.15, -0.1) is 0 Å². The first-order valence-electron chi connectivity index (χ1n) is 12.4. The number of nitrogens with one attached hydrogen (secondary N) is 1. The Kier molecular flexibility index (Phi) is 6.41. The molecule has 1 N–H and O–H groups in total. The monoisotopic (exact) mass is 445 g/mol. The molecule has 0 unspecified atom stereocenters. The quantitative estimate of drug-likeness (QED) is 0.576. The molecule has 1 saturated heterocycles. The Labute approximate surface area is 196 Å². The Morgan fingerprint density at radius 1 is 1.12 bits per heavy atom. The van der Waals surface area contributed by atoms with Crippen LogP contribution in [0.5, 0.6) is 5.75 Å². The normalized spacial score (nSPS) is 19.4. The summed E-state index contributed by atoms with van der Waals surface area (Å²) in [5.74, 6) is 1.26. The van der Waals surface area contributed by atoms with E-state index in [0.29, 0.717) is 0 Å². The highest BCUT2D eigenvalue weighted by atomic mass is 16.5. The Balaban J connectivity index is 1.21. The van der Waals surface area contributed by atoms with Crippen LogP contribution in [0.4, 0.5) is 0 Å². The number of fused-ring (bicyclic) bond motifs is 2. The number of hydrogen-bond acceptors (Lipinski definition) is 3. The second-order valence-electron chi connectivity index (χ2n) is 9.53. The van der Waals surface area contributed by atoms with Crippen molar-refractivity contribution in [3.8, 4) is 5.75 Å². The molecule has 2 aliphatic rings. The number of nitrogens with zero attached hydrogens (tertiary/aromatic N) is 2. The Bertz CT molecular complexity index is 1130. The minimum Gasteiger partial charge on any atom is -0.497 e. The molecule has 2 aromatic carbocycles. The minimum absolute atomic E-state index is 0.118. The molecule has 0 saturated carbocycles. The summed E-state index contributed by atoms with van der Waals surface area (Å²) in [6.07, 6.45) is 7.46. The molecule has 0 spiro atoms. The smallest absolute Gasteiger partial charge is 0.223 e. The number of aromatic nitrogens is 1. The number of aryl methyl sites for hydroxylation is 2. The van der Waals surface area contributed by atoms with Crippen LogP contribution in [-0.2, 0) is 24.3 Å². The first-order chi connectivity index (χ1) is 16.2. The molecule has 5 rings (SSSR count). The summed E-state index contributed by atoms with van der Waals surface area (Å²) in [4.78, 5) is 15.6. The van der Waals surface area contributed by atoms with Crippen molar-refractivity contribution in [1.82, 2.24) is 14.8 Å². The van der Waals surface area contributed by atoms with Crippen LogP contribution in [0, 0.1) is 5.92 Å². The molecule has 2 heterocycles. The fourth-order valence-electron chi connectivity index (χ4n) is 5.65. The van der Waals surface area contributed by atoms with Gasteiger partial charge in [-0.25, -0.2) is 0 Å². The maximum absolute atomic E-state index is 13.1. The molecule has 174 valence electrons. The van der Waals surface area contributed by atoms with E-state index in [2.05, 4.69) is 64.3 Å².